The van der Waals surface area contributed by atoms with Crippen LogP contribution in [-0.4, -0.2) is 46.5 Å². The molecule has 6 heteroatoms. The molecule has 0 fully saturated rings. The molecule has 1 rings (SSSR count). The fourth-order valence-electron chi connectivity index (χ4n) is 1.50. The number of nitrogens with zero attached hydrogens (tertiary/aromatic N) is 3. The third-order valence-electron chi connectivity index (χ3n) is 2.49. The fourth-order valence-corrected chi connectivity index (χ4v) is 1.50. The van der Waals surface area contributed by atoms with Crippen molar-refractivity contribution in [2.24, 2.45) is 0 Å². The molecule has 0 saturated heterocycles. The van der Waals surface area contributed by atoms with E-state index in [4.69, 9.17) is 14.4 Å². The predicted octanol–water partition coefficient (Wildman–Crippen LogP) is 0.981. The number of aliphatic hydroxyl groups is 1. The highest BCUT2D eigenvalue weighted by Crippen LogP contribution is 2.13. The van der Waals surface area contributed by atoms with E-state index in [-0.39, 0.29) is 12.7 Å². The quantitative estimate of drug-likeness (QED) is 0.734. The molecule has 1 heterocycles. The maximum Gasteiger partial charge on any atom is 0.240 e. The van der Waals surface area contributed by atoms with Crippen LogP contribution in [0.4, 0.5) is 0 Å². The van der Waals surface area contributed by atoms with Crippen LogP contribution in [0.2, 0.25) is 0 Å². The Balaban J connectivity index is 2.55. The molecule has 17 heavy (non-hydrogen) atoms. The molecule has 1 unspecified atom stereocenters. The van der Waals surface area contributed by atoms with Crippen LogP contribution in [0.1, 0.15) is 38.6 Å². The monoisotopic (exact) mass is 243 g/mol. The molecule has 1 aromatic heterocycles. The predicted molar refractivity (Wildman–Crippen MR) is 62.4 cm³/mol. The number of hydrogen-bond donors (Lipinski definition) is 1. The molecule has 0 aliphatic carbocycles. The molecule has 1 atom stereocenters. The summed E-state index contributed by atoms with van der Waals surface area (Å²) in [6.45, 7) is 8.59. The summed E-state index contributed by atoms with van der Waals surface area (Å²) >= 11 is 0. The minimum atomic E-state index is -0.148. The molecule has 0 aliphatic rings. The van der Waals surface area contributed by atoms with Crippen molar-refractivity contribution in [2.45, 2.75) is 33.4 Å². The molecule has 1 aromatic rings. The SMILES string of the molecule is CCOC(C)c1noc(CN(CC)CCO)n1. The molecule has 0 spiro atoms. The van der Waals surface area contributed by atoms with Gasteiger partial charge in [-0.2, -0.15) is 4.98 Å². The molecule has 0 aromatic carbocycles. The summed E-state index contributed by atoms with van der Waals surface area (Å²) in [5, 5.41) is 12.8. The number of ether oxygens (including phenoxy) is 1. The molecule has 0 amide bonds. The van der Waals surface area contributed by atoms with E-state index >= 15 is 0 Å². The molecule has 6 nitrogen and oxygen atoms in total. The molecular formula is C11H21N3O3. The highest BCUT2D eigenvalue weighted by atomic mass is 16.5. The zero-order valence-corrected chi connectivity index (χ0v) is 10.7. The van der Waals surface area contributed by atoms with E-state index in [9.17, 15) is 0 Å². The van der Waals surface area contributed by atoms with E-state index in [1.807, 2.05) is 25.7 Å². The van der Waals surface area contributed by atoms with Crippen LogP contribution in [0.25, 0.3) is 0 Å². The second-order valence-electron chi connectivity index (χ2n) is 3.74. The van der Waals surface area contributed by atoms with Gasteiger partial charge in [0.15, 0.2) is 5.82 Å². The maximum atomic E-state index is 8.88. The van der Waals surface area contributed by atoms with Crippen LogP contribution in [0.3, 0.4) is 0 Å². The van der Waals surface area contributed by atoms with Crippen molar-refractivity contribution in [3.63, 3.8) is 0 Å². The van der Waals surface area contributed by atoms with E-state index in [1.54, 1.807) is 0 Å². The van der Waals surface area contributed by atoms with Gasteiger partial charge in [-0.1, -0.05) is 12.1 Å². The summed E-state index contributed by atoms with van der Waals surface area (Å²) in [6, 6.07) is 0. The van der Waals surface area contributed by atoms with Crippen molar-refractivity contribution in [2.75, 3.05) is 26.3 Å². The van der Waals surface area contributed by atoms with Gasteiger partial charge in [0.25, 0.3) is 0 Å². The first-order valence-electron chi connectivity index (χ1n) is 5.98. The summed E-state index contributed by atoms with van der Waals surface area (Å²) < 4.78 is 10.5. The smallest absolute Gasteiger partial charge is 0.240 e. The van der Waals surface area contributed by atoms with E-state index in [1.165, 1.54) is 0 Å². The summed E-state index contributed by atoms with van der Waals surface area (Å²) in [5.74, 6) is 1.13. The normalized spacial score (nSPS) is 13.2. The van der Waals surface area contributed by atoms with Crippen molar-refractivity contribution in [1.29, 1.82) is 0 Å². The van der Waals surface area contributed by atoms with Gasteiger partial charge in [0, 0.05) is 13.2 Å². The van der Waals surface area contributed by atoms with E-state index < -0.39 is 0 Å². The Morgan fingerprint density at radius 3 is 2.82 bits per heavy atom. The van der Waals surface area contributed by atoms with Gasteiger partial charge in [0.05, 0.1) is 13.2 Å². The topological polar surface area (TPSA) is 71.6 Å². The molecule has 0 bridgehead atoms. The molecule has 0 aliphatic heterocycles. The lowest BCUT2D eigenvalue weighted by Crippen LogP contribution is -2.26. The first-order valence-corrected chi connectivity index (χ1v) is 5.98. The summed E-state index contributed by atoms with van der Waals surface area (Å²) in [5.41, 5.74) is 0. The second kappa shape index (κ2) is 7.37. The molecule has 98 valence electrons. The standard InChI is InChI=1S/C11H21N3O3/c1-4-14(6-7-15)8-10-12-11(13-17-10)9(3)16-5-2/h9,15H,4-8H2,1-3H3. The lowest BCUT2D eigenvalue weighted by atomic mass is 10.4. The van der Waals surface area contributed by atoms with Crippen molar-refractivity contribution in [3.05, 3.63) is 11.7 Å². The molecule has 1 N–H and O–H groups in total. The minimum absolute atomic E-state index is 0.129. The highest BCUT2D eigenvalue weighted by Gasteiger charge is 2.15. The largest absolute Gasteiger partial charge is 0.395 e. The lowest BCUT2D eigenvalue weighted by molar-refractivity contribution is 0.0683. The molecule has 0 radical (unpaired) electrons. The molecule has 0 saturated carbocycles. The number of hydrogen-bond acceptors (Lipinski definition) is 6. The van der Waals surface area contributed by atoms with E-state index in [2.05, 4.69) is 10.1 Å². The average Bonchev–Trinajstić information content (AvgIpc) is 2.77. The van der Waals surface area contributed by atoms with Crippen molar-refractivity contribution in [3.8, 4) is 0 Å². The maximum absolute atomic E-state index is 8.88. The van der Waals surface area contributed by atoms with Crippen molar-refractivity contribution in [1.82, 2.24) is 15.0 Å². The second-order valence-corrected chi connectivity index (χ2v) is 3.74. The zero-order valence-electron chi connectivity index (χ0n) is 10.7. The highest BCUT2D eigenvalue weighted by molar-refractivity contribution is 4.89. The summed E-state index contributed by atoms with van der Waals surface area (Å²) in [6.07, 6.45) is -0.148. The van der Waals surface area contributed by atoms with E-state index in [0.717, 1.165) is 6.54 Å². The Morgan fingerprint density at radius 2 is 2.24 bits per heavy atom. The Labute approximate surface area is 102 Å². The third kappa shape index (κ3) is 4.41. The van der Waals surface area contributed by atoms with Gasteiger partial charge in [-0.3, -0.25) is 4.90 Å². The van der Waals surface area contributed by atoms with Crippen LogP contribution >= 0.6 is 0 Å². The number of likely N-dealkylation sites (N-methyl/N-ethyl adjacent to an activating group) is 1. The van der Waals surface area contributed by atoms with Gasteiger partial charge < -0.3 is 14.4 Å². The van der Waals surface area contributed by atoms with Crippen LogP contribution in [0.5, 0.6) is 0 Å². The Kier molecular flexibility index (Phi) is 6.10. The van der Waals surface area contributed by atoms with Crippen LogP contribution in [0.15, 0.2) is 4.52 Å². The van der Waals surface area contributed by atoms with E-state index in [0.29, 0.717) is 31.4 Å². The van der Waals surface area contributed by atoms with Gasteiger partial charge in [0.2, 0.25) is 5.89 Å². The number of aliphatic hydroxyl groups excluding tert-OH is 1. The van der Waals surface area contributed by atoms with Gasteiger partial charge in [-0.25, -0.2) is 0 Å². The lowest BCUT2D eigenvalue weighted by Gasteiger charge is -2.15. The minimum Gasteiger partial charge on any atom is -0.395 e. The summed E-state index contributed by atoms with van der Waals surface area (Å²) in [7, 11) is 0. The van der Waals surface area contributed by atoms with Crippen LogP contribution < -0.4 is 0 Å². The first kappa shape index (κ1) is 14.1. The van der Waals surface area contributed by atoms with Crippen LogP contribution in [-0.2, 0) is 11.3 Å². The Morgan fingerprint density at radius 1 is 1.47 bits per heavy atom. The summed E-state index contributed by atoms with van der Waals surface area (Å²) in [4.78, 5) is 6.30. The number of rotatable bonds is 8. The van der Waals surface area contributed by atoms with Crippen molar-refractivity contribution < 1.29 is 14.4 Å². The van der Waals surface area contributed by atoms with Gasteiger partial charge in [-0.05, 0) is 20.4 Å². The van der Waals surface area contributed by atoms with Gasteiger partial charge in [-0.15, -0.1) is 0 Å². The Bertz CT molecular complexity index is 317. The molecular weight excluding hydrogens is 222 g/mol. The number of aromatic nitrogens is 2. The van der Waals surface area contributed by atoms with Gasteiger partial charge in [0.1, 0.15) is 6.10 Å². The van der Waals surface area contributed by atoms with Gasteiger partial charge >= 0.3 is 0 Å². The van der Waals surface area contributed by atoms with Crippen molar-refractivity contribution >= 4 is 0 Å². The zero-order chi connectivity index (χ0) is 12.7. The van der Waals surface area contributed by atoms with Crippen LogP contribution in [0, 0.1) is 0 Å². The fraction of sp³-hybridized carbons (Fsp3) is 0.818. The third-order valence-corrected chi connectivity index (χ3v) is 2.49. The first-order chi connectivity index (χ1) is 8.21. The Hall–Kier alpha value is -0.980. The average molecular weight is 243 g/mol.